The fraction of sp³-hybridized carbons (Fsp3) is 0.560. The monoisotopic (exact) mass is 406 g/mol. The van der Waals surface area contributed by atoms with Crippen LogP contribution in [0.4, 0.5) is 5.82 Å². The molecule has 2 aliphatic rings. The number of carbonyl (C=O) groups is 1. The van der Waals surface area contributed by atoms with E-state index in [9.17, 15) is 4.79 Å². The predicted molar refractivity (Wildman–Crippen MR) is 121 cm³/mol. The van der Waals surface area contributed by atoms with Crippen molar-refractivity contribution in [3.8, 4) is 0 Å². The molecule has 5 nitrogen and oxygen atoms in total. The molecule has 2 fully saturated rings. The van der Waals surface area contributed by atoms with Gasteiger partial charge in [-0.2, -0.15) is 0 Å². The number of aryl methyl sites for hydroxylation is 2. The van der Waals surface area contributed by atoms with Crippen LogP contribution in [0, 0.1) is 19.8 Å². The molecule has 1 aliphatic heterocycles. The van der Waals surface area contributed by atoms with Gasteiger partial charge in [-0.3, -0.25) is 4.79 Å². The highest BCUT2D eigenvalue weighted by molar-refractivity contribution is 5.81. The quantitative estimate of drug-likeness (QED) is 0.719. The Bertz CT molecular complexity index is 913. The summed E-state index contributed by atoms with van der Waals surface area (Å²) >= 11 is 0. The number of nitrogens with zero attached hydrogens (tertiary/aromatic N) is 4. The van der Waals surface area contributed by atoms with E-state index in [4.69, 9.17) is 9.97 Å². The van der Waals surface area contributed by atoms with E-state index in [0.29, 0.717) is 17.7 Å². The number of hydrogen-bond donors (Lipinski definition) is 0. The standard InChI is InChI=1S/C25H34N4O/c1-5-18(3)23-26-19(4)22(16-20-8-6-7-17(2)15-20)24(27-23)28-11-13-29(14-12-28)25(30)21-9-10-21/h6-8,15,18,21H,5,9-14,16H2,1-4H3/t18-/m0/s1. The number of carbonyl (C=O) groups excluding carboxylic acids is 1. The second-order valence-corrected chi connectivity index (χ2v) is 9.03. The summed E-state index contributed by atoms with van der Waals surface area (Å²) in [5.74, 6) is 3.00. The van der Waals surface area contributed by atoms with Crippen LogP contribution in [-0.4, -0.2) is 47.0 Å². The van der Waals surface area contributed by atoms with E-state index in [1.807, 2.05) is 0 Å². The van der Waals surface area contributed by atoms with E-state index in [-0.39, 0.29) is 0 Å². The van der Waals surface area contributed by atoms with Crippen molar-refractivity contribution in [2.45, 2.75) is 59.3 Å². The smallest absolute Gasteiger partial charge is 0.225 e. The molecule has 1 saturated heterocycles. The summed E-state index contributed by atoms with van der Waals surface area (Å²) in [4.78, 5) is 26.9. The van der Waals surface area contributed by atoms with E-state index in [1.54, 1.807) is 0 Å². The maximum atomic E-state index is 12.5. The van der Waals surface area contributed by atoms with Crippen molar-refractivity contribution in [3.05, 3.63) is 52.5 Å². The molecule has 0 spiro atoms. The minimum atomic E-state index is 0.298. The van der Waals surface area contributed by atoms with Crippen LogP contribution < -0.4 is 4.90 Å². The molecule has 1 atom stereocenters. The van der Waals surface area contributed by atoms with E-state index >= 15 is 0 Å². The number of amides is 1. The largest absolute Gasteiger partial charge is 0.353 e. The molecular weight excluding hydrogens is 372 g/mol. The van der Waals surface area contributed by atoms with Gasteiger partial charge in [-0.25, -0.2) is 9.97 Å². The van der Waals surface area contributed by atoms with E-state index < -0.39 is 0 Å². The molecule has 5 heteroatoms. The van der Waals surface area contributed by atoms with Gasteiger partial charge >= 0.3 is 0 Å². The normalized spacial score (nSPS) is 17.9. The molecule has 0 unspecified atom stereocenters. The van der Waals surface area contributed by atoms with Crippen LogP contribution in [0.1, 0.15) is 67.2 Å². The van der Waals surface area contributed by atoms with Gasteiger partial charge < -0.3 is 9.80 Å². The van der Waals surface area contributed by atoms with E-state index in [2.05, 4.69) is 61.8 Å². The molecule has 2 aromatic rings. The number of benzene rings is 1. The Labute approximate surface area is 180 Å². The van der Waals surface area contributed by atoms with Crippen LogP contribution in [0.3, 0.4) is 0 Å². The first-order chi connectivity index (χ1) is 14.5. The molecule has 0 bridgehead atoms. The topological polar surface area (TPSA) is 49.3 Å². The average molecular weight is 407 g/mol. The zero-order valence-corrected chi connectivity index (χ0v) is 18.8. The van der Waals surface area contributed by atoms with Gasteiger partial charge in [-0.15, -0.1) is 0 Å². The average Bonchev–Trinajstić information content (AvgIpc) is 3.59. The van der Waals surface area contributed by atoms with Crippen molar-refractivity contribution in [2.24, 2.45) is 5.92 Å². The van der Waals surface area contributed by atoms with Crippen molar-refractivity contribution in [1.29, 1.82) is 0 Å². The highest BCUT2D eigenvalue weighted by Crippen LogP contribution is 2.32. The molecule has 160 valence electrons. The summed E-state index contributed by atoms with van der Waals surface area (Å²) < 4.78 is 0. The minimum absolute atomic E-state index is 0.298. The van der Waals surface area contributed by atoms with Gasteiger partial charge in [0.05, 0.1) is 0 Å². The van der Waals surface area contributed by atoms with Crippen LogP contribution in [-0.2, 0) is 11.2 Å². The van der Waals surface area contributed by atoms with Gasteiger partial charge in [-0.05, 0) is 38.7 Å². The highest BCUT2D eigenvalue weighted by atomic mass is 16.2. The van der Waals surface area contributed by atoms with E-state index in [0.717, 1.165) is 69.2 Å². The molecule has 1 saturated carbocycles. The second kappa shape index (κ2) is 8.75. The molecule has 1 aromatic heterocycles. The lowest BCUT2D eigenvalue weighted by atomic mass is 10.0. The fourth-order valence-corrected chi connectivity index (χ4v) is 4.23. The first-order valence-electron chi connectivity index (χ1n) is 11.4. The Morgan fingerprint density at radius 3 is 2.50 bits per heavy atom. The predicted octanol–water partition coefficient (Wildman–Crippen LogP) is 4.26. The summed E-state index contributed by atoms with van der Waals surface area (Å²) in [7, 11) is 0. The third-order valence-corrected chi connectivity index (χ3v) is 6.54. The molecule has 1 amide bonds. The SMILES string of the molecule is CC[C@H](C)c1nc(C)c(Cc2cccc(C)c2)c(N2CCN(C(=O)C3CC3)CC2)n1. The zero-order valence-electron chi connectivity index (χ0n) is 18.8. The maximum absolute atomic E-state index is 12.5. The number of hydrogen-bond acceptors (Lipinski definition) is 4. The Morgan fingerprint density at radius 1 is 1.13 bits per heavy atom. The van der Waals surface area contributed by atoms with Crippen molar-refractivity contribution in [3.63, 3.8) is 0 Å². The molecular formula is C25H34N4O. The summed E-state index contributed by atoms with van der Waals surface area (Å²) in [5.41, 5.74) is 4.86. The van der Waals surface area contributed by atoms with Crippen LogP contribution in [0.2, 0.25) is 0 Å². The molecule has 1 aliphatic carbocycles. The van der Waals surface area contributed by atoms with Gasteiger partial charge in [0.15, 0.2) is 0 Å². The lowest BCUT2D eigenvalue weighted by Crippen LogP contribution is -2.49. The van der Waals surface area contributed by atoms with Crippen molar-refractivity contribution >= 4 is 11.7 Å². The van der Waals surface area contributed by atoms with Crippen molar-refractivity contribution < 1.29 is 4.79 Å². The van der Waals surface area contributed by atoms with Gasteiger partial charge in [0.2, 0.25) is 5.91 Å². The fourth-order valence-electron chi connectivity index (χ4n) is 4.23. The first kappa shape index (κ1) is 20.8. The van der Waals surface area contributed by atoms with Crippen LogP contribution in [0.25, 0.3) is 0 Å². The first-order valence-corrected chi connectivity index (χ1v) is 11.4. The lowest BCUT2D eigenvalue weighted by Gasteiger charge is -2.37. The van der Waals surface area contributed by atoms with Crippen LogP contribution in [0.15, 0.2) is 24.3 Å². The molecule has 0 radical (unpaired) electrons. The molecule has 0 N–H and O–H groups in total. The van der Waals surface area contributed by atoms with E-state index in [1.165, 1.54) is 16.7 Å². The minimum Gasteiger partial charge on any atom is -0.353 e. The summed E-state index contributed by atoms with van der Waals surface area (Å²) in [6.45, 7) is 11.9. The summed E-state index contributed by atoms with van der Waals surface area (Å²) in [6.07, 6.45) is 4.01. The summed E-state index contributed by atoms with van der Waals surface area (Å²) in [6, 6.07) is 8.69. The highest BCUT2D eigenvalue weighted by Gasteiger charge is 2.35. The van der Waals surface area contributed by atoms with Crippen molar-refractivity contribution in [2.75, 3.05) is 31.1 Å². The third kappa shape index (κ3) is 4.50. The number of anilines is 1. The lowest BCUT2D eigenvalue weighted by molar-refractivity contribution is -0.132. The third-order valence-electron chi connectivity index (χ3n) is 6.54. The van der Waals surface area contributed by atoms with Crippen LogP contribution >= 0.6 is 0 Å². The number of piperazine rings is 1. The maximum Gasteiger partial charge on any atom is 0.225 e. The molecule has 2 heterocycles. The Kier molecular flexibility index (Phi) is 6.07. The Hall–Kier alpha value is -2.43. The Balaban J connectivity index is 1.62. The molecule has 30 heavy (non-hydrogen) atoms. The van der Waals surface area contributed by atoms with Gasteiger partial charge in [0.1, 0.15) is 11.6 Å². The zero-order chi connectivity index (χ0) is 21.3. The van der Waals surface area contributed by atoms with Gasteiger partial charge in [0.25, 0.3) is 0 Å². The number of rotatable bonds is 6. The summed E-state index contributed by atoms with van der Waals surface area (Å²) in [5, 5.41) is 0. The molecule has 1 aromatic carbocycles. The van der Waals surface area contributed by atoms with Gasteiger partial charge in [-0.1, -0.05) is 43.7 Å². The van der Waals surface area contributed by atoms with Crippen molar-refractivity contribution in [1.82, 2.24) is 14.9 Å². The van der Waals surface area contributed by atoms with Gasteiger partial charge in [0, 0.05) is 55.7 Å². The second-order valence-electron chi connectivity index (χ2n) is 9.03. The molecule has 4 rings (SSSR count). The Morgan fingerprint density at radius 2 is 1.87 bits per heavy atom. The number of aromatic nitrogens is 2. The van der Waals surface area contributed by atoms with Crippen LogP contribution in [0.5, 0.6) is 0 Å².